The summed E-state index contributed by atoms with van der Waals surface area (Å²) in [6, 6.07) is 0. The Labute approximate surface area is 97.0 Å². The number of nitrogens with one attached hydrogen (secondary N) is 1. The van der Waals surface area contributed by atoms with E-state index in [2.05, 4.69) is 33.0 Å². The molecular formula is C14H31N. The Kier molecular flexibility index (Phi) is 10.4. The van der Waals surface area contributed by atoms with E-state index in [1.807, 2.05) is 0 Å². The van der Waals surface area contributed by atoms with Gasteiger partial charge >= 0.3 is 0 Å². The average molecular weight is 213 g/mol. The van der Waals surface area contributed by atoms with Crippen molar-refractivity contribution in [2.24, 2.45) is 11.8 Å². The molecule has 0 rings (SSSR count). The Morgan fingerprint density at radius 3 is 1.47 bits per heavy atom. The second-order valence-electron chi connectivity index (χ2n) is 5.12. The summed E-state index contributed by atoms with van der Waals surface area (Å²) in [7, 11) is 0. The van der Waals surface area contributed by atoms with Crippen LogP contribution in [0, 0.1) is 11.8 Å². The molecule has 0 heterocycles. The number of hydrogen-bond acceptors (Lipinski definition) is 1. The normalized spacial score (nSPS) is 15.2. The van der Waals surface area contributed by atoms with Crippen molar-refractivity contribution >= 4 is 0 Å². The van der Waals surface area contributed by atoms with Crippen molar-refractivity contribution in [2.75, 3.05) is 13.1 Å². The molecule has 0 aliphatic heterocycles. The molecule has 0 aliphatic carbocycles. The molecule has 1 heteroatoms. The summed E-state index contributed by atoms with van der Waals surface area (Å²) in [5.74, 6) is 1.80. The Morgan fingerprint density at radius 1 is 0.733 bits per heavy atom. The maximum atomic E-state index is 3.56. The molecular weight excluding hydrogens is 182 g/mol. The van der Waals surface area contributed by atoms with Crippen LogP contribution < -0.4 is 5.32 Å². The fraction of sp³-hybridized carbons (Fsp3) is 1.00. The van der Waals surface area contributed by atoms with Crippen LogP contribution >= 0.6 is 0 Å². The van der Waals surface area contributed by atoms with Gasteiger partial charge in [0, 0.05) is 0 Å². The minimum Gasteiger partial charge on any atom is -0.317 e. The maximum absolute atomic E-state index is 3.56. The summed E-state index contributed by atoms with van der Waals surface area (Å²) in [6.45, 7) is 11.7. The minimum atomic E-state index is 0.899. The molecule has 1 nitrogen and oxygen atoms in total. The Morgan fingerprint density at radius 2 is 1.13 bits per heavy atom. The fourth-order valence-corrected chi connectivity index (χ4v) is 2.10. The topological polar surface area (TPSA) is 12.0 Å². The van der Waals surface area contributed by atoms with E-state index in [9.17, 15) is 0 Å². The minimum absolute atomic E-state index is 0.899. The summed E-state index contributed by atoms with van der Waals surface area (Å²) < 4.78 is 0. The first-order valence-electron chi connectivity index (χ1n) is 6.91. The van der Waals surface area contributed by atoms with Gasteiger partial charge in [0.05, 0.1) is 0 Å². The van der Waals surface area contributed by atoms with Crippen LogP contribution in [0.25, 0.3) is 0 Å². The molecule has 0 aromatic rings. The van der Waals surface area contributed by atoms with Crippen molar-refractivity contribution in [1.29, 1.82) is 0 Å². The van der Waals surface area contributed by atoms with Gasteiger partial charge in [-0.05, 0) is 37.8 Å². The quantitative estimate of drug-likeness (QED) is 0.536. The highest BCUT2D eigenvalue weighted by atomic mass is 14.8. The van der Waals surface area contributed by atoms with Crippen molar-refractivity contribution in [1.82, 2.24) is 5.32 Å². The monoisotopic (exact) mass is 213 g/mol. The molecule has 0 amide bonds. The fourth-order valence-electron chi connectivity index (χ4n) is 2.10. The molecule has 0 saturated carbocycles. The molecule has 0 spiro atoms. The first-order valence-corrected chi connectivity index (χ1v) is 6.91. The standard InChI is InChI=1S/C14H31N/c1-5-7-13(3)9-11-15-12-10-14(4)8-6-2/h13-15H,5-12H2,1-4H3. The summed E-state index contributed by atoms with van der Waals surface area (Å²) in [6.07, 6.45) is 8.11. The highest BCUT2D eigenvalue weighted by molar-refractivity contribution is 4.58. The third kappa shape index (κ3) is 10.2. The van der Waals surface area contributed by atoms with Crippen LogP contribution in [-0.4, -0.2) is 13.1 Å². The van der Waals surface area contributed by atoms with Gasteiger partial charge in [-0.1, -0.05) is 53.4 Å². The van der Waals surface area contributed by atoms with Crippen LogP contribution in [0.5, 0.6) is 0 Å². The summed E-state index contributed by atoms with van der Waals surface area (Å²) in [5, 5.41) is 3.56. The zero-order valence-corrected chi connectivity index (χ0v) is 11.3. The van der Waals surface area contributed by atoms with E-state index < -0.39 is 0 Å². The van der Waals surface area contributed by atoms with Crippen molar-refractivity contribution in [3.05, 3.63) is 0 Å². The Bertz CT molecular complexity index is 109. The Hall–Kier alpha value is -0.0400. The molecule has 2 atom stereocenters. The predicted molar refractivity (Wildman–Crippen MR) is 70.2 cm³/mol. The second kappa shape index (κ2) is 10.5. The van der Waals surface area contributed by atoms with Crippen LogP contribution in [0.3, 0.4) is 0 Å². The molecule has 0 fully saturated rings. The first kappa shape index (κ1) is 15.0. The average Bonchev–Trinajstić information content (AvgIpc) is 2.18. The SMILES string of the molecule is CCCC(C)CCNCCC(C)CCC. The lowest BCUT2D eigenvalue weighted by molar-refractivity contribution is 0.434. The molecule has 92 valence electrons. The van der Waals surface area contributed by atoms with Gasteiger partial charge in [0.2, 0.25) is 0 Å². The van der Waals surface area contributed by atoms with E-state index >= 15 is 0 Å². The van der Waals surface area contributed by atoms with Gasteiger partial charge in [-0.2, -0.15) is 0 Å². The van der Waals surface area contributed by atoms with E-state index in [1.165, 1.54) is 51.6 Å². The lowest BCUT2D eigenvalue weighted by atomic mass is 10.0. The summed E-state index contributed by atoms with van der Waals surface area (Å²) in [4.78, 5) is 0. The van der Waals surface area contributed by atoms with Gasteiger partial charge in [0.15, 0.2) is 0 Å². The van der Waals surface area contributed by atoms with Crippen molar-refractivity contribution < 1.29 is 0 Å². The van der Waals surface area contributed by atoms with Crippen LogP contribution in [0.2, 0.25) is 0 Å². The lowest BCUT2D eigenvalue weighted by Gasteiger charge is -2.12. The highest BCUT2D eigenvalue weighted by Gasteiger charge is 2.01. The molecule has 0 aliphatic rings. The molecule has 2 unspecified atom stereocenters. The number of hydrogen-bond donors (Lipinski definition) is 1. The maximum Gasteiger partial charge on any atom is -0.00464 e. The molecule has 1 N–H and O–H groups in total. The Balaban J connectivity index is 3.17. The molecule has 0 radical (unpaired) electrons. The van der Waals surface area contributed by atoms with E-state index in [4.69, 9.17) is 0 Å². The third-order valence-corrected chi connectivity index (χ3v) is 3.19. The van der Waals surface area contributed by atoms with Gasteiger partial charge in [-0.15, -0.1) is 0 Å². The van der Waals surface area contributed by atoms with Gasteiger partial charge in [-0.25, -0.2) is 0 Å². The first-order chi connectivity index (χ1) is 7.20. The lowest BCUT2D eigenvalue weighted by Crippen LogP contribution is -2.20. The molecule has 0 bridgehead atoms. The van der Waals surface area contributed by atoms with Crippen molar-refractivity contribution in [3.63, 3.8) is 0 Å². The smallest absolute Gasteiger partial charge is 0.00464 e. The van der Waals surface area contributed by atoms with Crippen LogP contribution in [0.1, 0.15) is 66.2 Å². The van der Waals surface area contributed by atoms with Gasteiger partial charge in [-0.3, -0.25) is 0 Å². The summed E-state index contributed by atoms with van der Waals surface area (Å²) in [5.41, 5.74) is 0. The molecule has 0 saturated heterocycles. The van der Waals surface area contributed by atoms with Crippen LogP contribution in [-0.2, 0) is 0 Å². The van der Waals surface area contributed by atoms with Crippen LogP contribution in [0.4, 0.5) is 0 Å². The van der Waals surface area contributed by atoms with Crippen molar-refractivity contribution in [2.45, 2.75) is 66.2 Å². The highest BCUT2D eigenvalue weighted by Crippen LogP contribution is 2.10. The molecule has 0 aromatic carbocycles. The van der Waals surface area contributed by atoms with Gasteiger partial charge < -0.3 is 5.32 Å². The van der Waals surface area contributed by atoms with Crippen molar-refractivity contribution in [3.8, 4) is 0 Å². The third-order valence-electron chi connectivity index (χ3n) is 3.19. The summed E-state index contributed by atoms with van der Waals surface area (Å²) >= 11 is 0. The van der Waals surface area contributed by atoms with E-state index in [0.29, 0.717) is 0 Å². The zero-order valence-electron chi connectivity index (χ0n) is 11.3. The van der Waals surface area contributed by atoms with E-state index in [1.54, 1.807) is 0 Å². The van der Waals surface area contributed by atoms with E-state index in [-0.39, 0.29) is 0 Å². The molecule has 15 heavy (non-hydrogen) atoms. The zero-order chi connectivity index (χ0) is 11.5. The second-order valence-corrected chi connectivity index (χ2v) is 5.12. The van der Waals surface area contributed by atoms with Crippen LogP contribution in [0.15, 0.2) is 0 Å². The van der Waals surface area contributed by atoms with Gasteiger partial charge in [0.1, 0.15) is 0 Å². The van der Waals surface area contributed by atoms with Gasteiger partial charge in [0.25, 0.3) is 0 Å². The largest absolute Gasteiger partial charge is 0.317 e. The van der Waals surface area contributed by atoms with E-state index in [0.717, 1.165) is 11.8 Å². The number of rotatable bonds is 10. The predicted octanol–water partition coefficient (Wildman–Crippen LogP) is 4.23. The molecule has 0 aromatic heterocycles.